The van der Waals surface area contributed by atoms with Gasteiger partial charge in [0.15, 0.2) is 0 Å². The smallest absolute Gasteiger partial charge is 0.268 e. The lowest BCUT2D eigenvalue weighted by Gasteiger charge is -2.33. The van der Waals surface area contributed by atoms with Gasteiger partial charge in [-0.2, -0.15) is 16.1 Å². The number of benzene rings is 1. The molecule has 1 amide bonds. The topological polar surface area (TPSA) is 82.3 Å². The first-order valence-electron chi connectivity index (χ1n) is 9.67. The molecule has 2 heterocycles. The lowest BCUT2D eigenvalue weighted by atomic mass is 9.84. The van der Waals surface area contributed by atoms with Gasteiger partial charge in [-0.1, -0.05) is 37.6 Å². The molecule has 1 fully saturated rings. The summed E-state index contributed by atoms with van der Waals surface area (Å²) < 4.78 is 27.1. The summed E-state index contributed by atoms with van der Waals surface area (Å²) in [5.41, 5.74) is 0.635. The van der Waals surface area contributed by atoms with E-state index in [4.69, 9.17) is 11.6 Å². The van der Waals surface area contributed by atoms with Crippen LogP contribution in [-0.2, 0) is 15.6 Å². The number of amides is 1. The number of H-pyrrole nitrogens is 1. The third-order valence-corrected chi connectivity index (χ3v) is 8.54. The largest absolute Gasteiger partial charge is 0.356 e. The molecular formula is C20H26ClN3O3S2. The van der Waals surface area contributed by atoms with Crippen LogP contribution in [0.3, 0.4) is 0 Å². The molecule has 29 heavy (non-hydrogen) atoms. The molecule has 0 radical (unpaired) electrons. The van der Waals surface area contributed by atoms with Crippen molar-refractivity contribution in [2.75, 3.05) is 24.6 Å². The highest BCUT2D eigenvalue weighted by Gasteiger charge is 2.32. The van der Waals surface area contributed by atoms with E-state index in [0.717, 1.165) is 17.1 Å². The van der Waals surface area contributed by atoms with Crippen LogP contribution in [0.25, 0.3) is 0 Å². The number of aromatic nitrogens is 1. The van der Waals surface area contributed by atoms with Gasteiger partial charge in [-0.3, -0.25) is 4.79 Å². The fourth-order valence-corrected chi connectivity index (χ4v) is 6.25. The van der Waals surface area contributed by atoms with Crippen LogP contribution in [0, 0.1) is 0 Å². The van der Waals surface area contributed by atoms with Crippen LogP contribution in [0.5, 0.6) is 0 Å². The summed E-state index contributed by atoms with van der Waals surface area (Å²) in [5, 5.41) is 3.74. The summed E-state index contributed by atoms with van der Waals surface area (Å²) in [6.45, 7) is 5.00. The van der Waals surface area contributed by atoms with Gasteiger partial charge in [0.05, 0.1) is 5.54 Å². The zero-order valence-corrected chi connectivity index (χ0v) is 19.0. The monoisotopic (exact) mass is 455 g/mol. The molecule has 2 aromatic rings. The van der Waals surface area contributed by atoms with Gasteiger partial charge in [-0.15, -0.1) is 0 Å². The van der Waals surface area contributed by atoms with Crippen molar-refractivity contribution in [3.8, 4) is 0 Å². The van der Waals surface area contributed by atoms with Crippen LogP contribution in [0.2, 0.25) is 5.02 Å². The number of carbonyl (C=O) groups excluding carboxylic acids is 1. The molecule has 0 atom stereocenters. The van der Waals surface area contributed by atoms with Crippen molar-refractivity contribution < 1.29 is 13.2 Å². The maximum Gasteiger partial charge on any atom is 0.268 e. The molecule has 1 aromatic carbocycles. The first-order chi connectivity index (χ1) is 13.8. The number of thioether (sulfide) groups is 1. The lowest BCUT2D eigenvalue weighted by Crippen LogP contribution is -2.45. The Morgan fingerprint density at radius 2 is 1.83 bits per heavy atom. The van der Waals surface area contributed by atoms with Gasteiger partial charge >= 0.3 is 0 Å². The second-order valence-electron chi connectivity index (χ2n) is 7.02. The predicted octanol–water partition coefficient (Wildman–Crippen LogP) is 3.85. The molecule has 0 spiro atoms. The van der Waals surface area contributed by atoms with E-state index < -0.39 is 15.6 Å². The van der Waals surface area contributed by atoms with Crippen LogP contribution in [-0.4, -0.2) is 48.2 Å². The van der Waals surface area contributed by atoms with Crippen LogP contribution < -0.4 is 5.32 Å². The van der Waals surface area contributed by atoms with Gasteiger partial charge in [0.2, 0.25) is 10.0 Å². The summed E-state index contributed by atoms with van der Waals surface area (Å²) in [5.74, 6) is 1.24. The summed E-state index contributed by atoms with van der Waals surface area (Å²) in [7, 11) is -3.59. The summed E-state index contributed by atoms with van der Waals surface area (Å²) in [6.07, 6.45) is 2.77. The molecule has 1 aromatic heterocycles. The number of hydrogen-bond donors (Lipinski definition) is 2. The van der Waals surface area contributed by atoms with Gasteiger partial charge in [0.1, 0.15) is 10.6 Å². The molecule has 3 rings (SSSR count). The Bertz CT molecular complexity index is 948. The van der Waals surface area contributed by atoms with Crippen LogP contribution in [0.1, 0.15) is 42.7 Å². The fraction of sp³-hybridized carbons (Fsp3) is 0.450. The number of sulfonamides is 1. The second-order valence-corrected chi connectivity index (χ2v) is 10.6. The van der Waals surface area contributed by atoms with Crippen molar-refractivity contribution in [2.45, 2.75) is 37.1 Å². The van der Waals surface area contributed by atoms with Gasteiger partial charge in [-0.25, -0.2) is 8.42 Å². The Kier molecular flexibility index (Phi) is 6.98. The summed E-state index contributed by atoms with van der Waals surface area (Å²) in [4.78, 5) is 15.9. The highest BCUT2D eigenvalue weighted by atomic mass is 35.5. The van der Waals surface area contributed by atoms with E-state index in [1.165, 1.54) is 16.6 Å². The number of rotatable bonds is 7. The number of nitrogens with one attached hydrogen (secondary N) is 2. The molecule has 158 valence electrons. The number of nitrogens with zero attached hydrogens (tertiary/aromatic N) is 1. The van der Waals surface area contributed by atoms with Crippen LogP contribution in [0.4, 0.5) is 0 Å². The Hall–Kier alpha value is -1.48. The standard InChI is InChI=1S/C20H26ClN3O3S2/c1-3-20(4-2,15-5-7-16(21)8-6-15)23-19(25)18-13-17(14-22-18)29(26,27)24-9-11-28-12-10-24/h5-8,13-14,22H,3-4,9-12H2,1-2H3,(H,23,25). The van der Waals surface area contributed by atoms with Crippen LogP contribution >= 0.6 is 23.4 Å². The van der Waals surface area contributed by atoms with Crippen LogP contribution in [0.15, 0.2) is 41.4 Å². The van der Waals surface area contributed by atoms with E-state index in [1.807, 2.05) is 26.0 Å². The van der Waals surface area contributed by atoms with Crippen molar-refractivity contribution in [1.82, 2.24) is 14.6 Å². The van der Waals surface area contributed by atoms with E-state index in [1.54, 1.807) is 23.9 Å². The average Bonchev–Trinajstić information content (AvgIpc) is 3.25. The molecule has 1 saturated heterocycles. The molecule has 0 saturated carbocycles. The quantitative estimate of drug-likeness (QED) is 0.664. The van der Waals surface area contributed by atoms with Gasteiger partial charge in [0, 0.05) is 35.8 Å². The Morgan fingerprint density at radius 3 is 2.41 bits per heavy atom. The normalized spacial score (nSPS) is 16.0. The molecule has 0 bridgehead atoms. The lowest BCUT2D eigenvalue weighted by molar-refractivity contribution is 0.0885. The van der Waals surface area contributed by atoms with Crippen molar-refractivity contribution in [2.24, 2.45) is 0 Å². The van der Waals surface area contributed by atoms with E-state index in [0.29, 0.717) is 31.0 Å². The molecule has 6 nitrogen and oxygen atoms in total. The Morgan fingerprint density at radius 1 is 1.21 bits per heavy atom. The number of hydrogen-bond acceptors (Lipinski definition) is 4. The first kappa shape index (κ1) is 22.2. The summed E-state index contributed by atoms with van der Waals surface area (Å²) >= 11 is 7.75. The zero-order valence-electron chi connectivity index (χ0n) is 16.6. The second kappa shape index (κ2) is 9.12. The van der Waals surface area contributed by atoms with E-state index in [-0.39, 0.29) is 16.5 Å². The van der Waals surface area contributed by atoms with Gasteiger partial charge < -0.3 is 10.3 Å². The Balaban J connectivity index is 1.82. The number of aromatic amines is 1. The van der Waals surface area contributed by atoms with Crippen molar-refractivity contribution in [1.29, 1.82) is 0 Å². The minimum atomic E-state index is -3.59. The maximum absolute atomic E-state index is 13.0. The molecule has 1 aliphatic rings. The van der Waals surface area contributed by atoms with E-state index in [2.05, 4.69) is 10.3 Å². The van der Waals surface area contributed by atoms with Gasteiger partial charge in [-0.05, 0) is 36.6 Å². The van der Waals surface area contributed by atoms with E-state index >= 15 is 0 Å². The number of carbonyl (C=O) groups is 1. The third kappa shape index (κ3) is 4.66. The molecule has 0 aliphatic carbocycles. The van der Waals surface area contributed by atoms with Crippen molar-refractivity contribution >= 4 is 39.3 Å². The van der Waals surface area contributed by atoms with Crippen molar-refractivity contribution in [3.05, 3.63) is 52.8 Å². The fourth-order valence-electron chi connectivity index (χ4n) is 3.55. The highest BCUT2D eigenvalue weighted by Crippen LogP contribution is 2.30. The highest BCUT2D eigenvalue weighted by molar-refractivity contribution is 7.99. The minimum absolute atomic E-state index is 0.125. The van der Waals surface area contributed by atoms with Gasteiger partial charge in [0.25, 0.3) is 5.91 Å². The Labute approximate surface area is 181 Å². The first-order valence-corrected chi connectivity index (χ1v) is 12.6. The molecule has 2 N–H and O–H groups in total. The maximum atomic E-state index is 13.0. The SMILES string of the molecule is CCC(CC)(NC(=O)c1cc(S(=O)(=O)N2CCSCC2)c[nH]1)c1ccc(Cl)cc1. The predicted molar refractivity (Wildman–Crippen MR) is 118 cm³/mol. The molecule has 9 heteroatoms. The third-order valence-electron chi connectivity index (χ3n) is 5.47. The van der Waals surface area contributed by atoms with E-state index in [9.17, 15) is 13.2 Å². The average molecular weight is 456 g/mol. The molecular weight excluding hydrogens is 430 g/mol. The minimum Gasteiger partial charge on any atom is -0.356 e. The number of halogens is 1. The zero-order chi connectivity index (χ0) is 21.1. The van der Waals surface area contributed by atoms with Crippen molar-refractivity contribution in [3.63, 3.8) is 0 Å². The molecule has 0 unspecified atom stereocenters. The molecule has 1 aliphatic heterocycles. The summed E-state index contributed by atoms with van der Waals surface area (Å²) in [6, 6.07) is 8.85.